The summed E-state index contributed by atoms with van der Waals surface area (Å²) < 4.78 is 49.5. The Labute approximate surface area is 126 Å². The maximum Gasteiger partial charge on any atom is 0.430 e. The van der Waals surface area contributed by atoms with Gasteiger partial charge in [-0.2, -0.15) is 13.2 Å². The minimum Gasteiger partial charge on any atom is -0.490 e. The topological polar surface area (TPSA) is 55.8 Å². The van der Waals surface area contributed by atoms with E-state index in [0.29, 0.717) is 4.47 Å². The van der Waals surface area contributed by atoms with Crippen LogP contribution in [0.2, 0.25) is 0 Å². The number of hydrogen-bond acceptors (Lipinski definition) is 3. The lowest BCUT2D eigenvalue weighted by Gasteiger charge is -2.28. The van der Waals surface area contributed by atoms with Crippen LogP contribution in [0.25, 0.3) is 6.08 Å². The number of alkyl halides is 3. The number of rotatable bonds is 3. The van der Waals surface area contributed by atoms with Gasteiger partial charge in [0.2, 0.25) is 6.10 Å². The molecule has 21 heavy (non-hydrogen) atoms. The monoisotopic (exact) mass is 366 g/mol. The molecule has 0 aromatic heterocycles. The fraction of sp³-hybridized carbons (Fsp3) is 0.308. The minimum atomic E-state index is -4.84. The van der Waals surface area contributed by atoms with Crippen LogP contribution in [-0.2, 0) is 4.79 Å². The van der Waals surface area contributed by atoms with E-state index >= 15 is 0 Å². The first-order valence-electron chi connectivity index (χ1n) is 5.89. The summed E-state index contributed by atoms with van der Waals surface area (Å²) in [5.74, 6) is -1.68. The van der Waals surface area contributed by atoms with Crippen molar-refractivity contribution < 1.29 is 32.5 Å². The molecule has 4 nitrogen and oxygen atoms in total. The van der Waals surface area contributed by atoms with E-state index in [9.17, 15) is 18.0 Å². The molecule has 1 aliphatic rings. The van der Waals surface area contributed by atoms with Gasteiger partial charge in [-0.15, -0.1) is 0 Å². The Morgan fingerprint density at radius 1 is 1.48 bits per heavy atom. The van der Waals surface area contributed by atoms with E-state index < -0.39 is 23.8 Å². The Kier molecular flexibility index (Phi) is 4.18. The second kappa shape index (κ2) is 5.59. The summed E-state index contributed by atoms with van der Waals surface area (Å²) in [6, 6.07) is 3.01. The number of halogens is 4. The maximum atomic E-state index is 13.0. The molecule has 1 unspecified atom stereocenters. The summed E-state index contributed by atoms with van der Waals surface area (Å²) in [4.78, 5) is 11.0. The highest BCUT2D eigenvalue weighted by Gasteiger charge is 2.49. The Hall–Kier alpha value is -1.70. The summed E-state index contributed by atoms with van der Waals surface area (Å²) in [5.41, 5.74) is -0.664. The van der Waals surface area contributed by atoms with Crippen molar-refractivity contribution in [3.8, 4) is 11.5 Å². The number of benzene rings is 1. The number of carboxylic acids is 1. The van der Waals surface area contributed by atoms with E-state index in [1.807, 2.05) is 0 Å². The first-order valence-corrected chi connectivity index (χ1v) is 6.68. The van der Waals surface area contributed by atoms with Gasteiger partial charge < -0.3 is 14.6 Å². The number of aliphatic carboxylic acids is 1. The molecule has 0 aliphatic carbocycles. The van der Waals surface area contributed by atoms with Gasteiger partial charge in [0, 0.05) is 10.0 Å². The van der Waals surface area contributed by atoms with Gasteiger partial charge in [0.05, 0.1) is 12.2 Å². The van der Waals surface area contributed by atoms with Crippen LogP contribution in [0, 0.1) is 0 Å². The molecule has 1 N–H and O–H groups in total. The largest absolute Gasteiger partial charge is 0.490 e. The van der Waals surface area contributed by atoms with Crippen molar-refractivity contribution in [2.75, 3.05) is 6.61 Å². The molecule has 0 saturated heterocycles. The van der Waals surface area contributed by atoms with Gasteiger partial charge in [-0.3, -0.25) is 0 Å². The SMILES string of the molecule is CCOc1ccc(Br)c2c1OC(C(F)(F)F)C(C(=O)O)=C2. The standard InChI is InChI=1S/C13H10BrF3O4/c1-2-20-9-4-3-8(14)6-5-7(12(18)19)11(13(15,16)17)21-10(6)9/h3-5,11H,2H2,1H3,(H,18,19). The van der Waals surface area contributed by atoms with E-state index in [2.05, 4.69) is 15.9 Å². The Balaban J connectivity index is 2.62. The number of carboxylic acid groups (broad SMARTS) is 1. The summed E-state index contributed by atoms with van der Waals surface area (Å²) in [6.07, 6.45) is -6.42. The predicted octanol–water partition coefficient (Wildman–Crippen LogP) is 3.64. The summed E-state index contributed by atoms with van der Waals surface area (Å²) >= 11 is 3.16. The third-order valence-electron chi connectivity index (χ3n) is 2.77. The third kappa shape index (κ3) is 2.99. The van der Waals surface area contributed by atoms with Crippen LogP contribution in [0.3, 0.4) is 0 Å². The van der Waals surface area contributed by atoms with Crippen LogP contribution in [0.4, 0.5) is 13.2 Å². The quantitative estimate of drug-likeness (QED) is 0.887. The van der Waals surface area contributed by atoms with Crippen LogP contribution in [0.1, 0.15) is 12.5 Å². The fourth-order valence-corrected chi connectivity index (χ4v) is 2.34. The van der Waals surface area contributed by atoms with Crippen molar-refractivity contribution in [1.82, 2.24) is 0 Å². The normalized spacial score (nSPS) is 17.6. The van der Waals surface area contributed by atoms with Crippen LogP contribution < -0.4 is 9.47 Å². The molecule has 0 fully saturated rings. The van der Waals surface area contributed by atoms with Crippen molar-refractivity contribution in [3.63, 3.8) is 0 Å². The van der Waals surface area contributed by atoms with Gasteiger partial charge in [0.15, 0.2) is 11.5 Å². The number of fused-ring (bicyclic) bond motifs is 1. The van der Waals surface area contributed by atoms with Crippen LogP contribution in [0.5, 0.6) is 11.5 Å². The summed E-state index contributed by atoms with van der Waals surface area (Å²) in [6.45, 7) is 1.92. The number of hydrogen-bond donors (Lipinski definition) is 1. The summed E-state index contributed by atoms with van der Waals surface area (Å²) in [7, 11) is 0. The zero-order valence-electron chi connectivity index (χ0n) is 10.7. The van der Waals surface area contributed by atoms with Crippen molar-refractivity contribution in [2.24, 2.45) is 0 Å². The van der Waals surface area contributed by atoms with E-state index in [0.717, 1.165) is 6.08 Å². The van der Waals surface area contributed by atoms with Crippen LogP contribution in [-0.4, -0.2) is 30.0 Å². The van der Waals surface area contributed by atoms with Crippen molar-refractivity contribution in [1.29, 1.82) is 0 Å². The number of carbonyl (C=O) groups is 1. The molecular formula is C13H10BrF3O4. The van der Waals surface area contributed by atoms with Gasteiger partial charge in [-0.05, 0) is 25.1 Å². The molecule has 1 aromatic rings. The summed E-state index contributed by atoms with van der Waals surface area (Å²) in [5, 5.41) is 8.97. The highest BCUT2D eigenvalue weighted by atomic mass is 79.9. The molecule has 0 bridgehead atoms. The average molecular weight is 367 g/mol. The zero-order chi connectivity index (χ0) is 15.8. The Bertz CT molecular complexity index is 610. The van der Waals surface area contributed by atoms with E-state index in [-0.39, 0.29) is 23.7 Å². The predicted molar refractivity (Wildman–Crippen MR) is 71.4 cm³/mol. The lowest BCUT2D eigenvalue weighted by atomic mass is 10.0. The van der Waals surface area contributed by atoms with Crippen molar-refractivity contribution in [2.45, 2.75) is 19.2 Å². The molecule has 8 heteroatoms. The lowest BCUT2D eigenvalue weighted by molar-refractivity contribution is -0.187. The average Bonchev–Trinajstić information content (AvgIpc) is 2.40. The highest BCUT2D eigenvalue weighted by molar-refractivity contribution is 9.10. The van der Waals surface area contributed by atoms with E-state index in [4.69, 9.17) is 14.6 Å². The molecule has 114 valence electrons. The second-order valence-corrected chi connectivity index (χ2v) is 5.02. The molecule has 0 saturated carbocycles. The van der Waals surface area contributed by atoms with Gasteiger partial charge in [0.25, 0.3) is 0 Å². The highest BCUT2D eigenvalue weighted by Crippen LogP contribution is 2.44. The van der Waals surface area contributed by atoms with Crippen LogP contribution >= 0.6 is 15.9 Å². The molecule has 2 rings (SSSR count). The van der Waals surface area contributed by atoms with E-state index in [1.54, 1.807) is 13.0 Å². The second-order valence-electron chi connectivity index (χ2n) is 4.17. The van der Waals surface area contributed by atoms with Gasteiger partial charge in [-0.1, -0.05) is 15.9 Å². The fourth-order valence-electron chi connectivity index (χ4n) is 1.91. The molecule has 0 radical (unpaired) electrons. The first kappa shape index (κ1) is 15.7. The number of ether oxygens (including phenoxy) is 2. The molecule has 0 spiro atoms. The van der Waals surface area contributed by atoms with Gasteiger partial charge in [-0.25, -0.2) is 4.79 Å². The smallest absolute Gasteiger partial charge is 0.430 e. The molecular weight excluding hydrogens is 357 g/mol. The minimum absolute atomic E-state index is 0.126. The van der Waals surface area contributed by atoms with Gasteiger partial charge >= 0.3 is 12.1 Å². The molecule has 0 amide bonds. The Morgan fingerprint density at radius 3 is 2.67 bits per heavy atom. The van der Waals surface area contributed by atoms with Crippen LogP contribution in [0.15, 0.2) is 22.2 Å². The molecule has 1 atom stereocenters. The van der Waals surface area contributed by atoms with Crippen molar-refractivity contribution >= 4 is 28.0 Å². The Morgan fingerprint density at radius 2 is 2.14 bits per heavy atom. The van der Waals surface area contributed by atoms with Gasteiger partial charge in [0.1, 0.15) is 0 Å². The molecule has 1 aromatic carbocycles. The third-order valence-corrected chi connectivity index (χ3v) is 3.46. The molecule has 1 aliphatic heterocycles. The first-order chi connectivity index (χ1) is 9.75. The van der Waals surface area contributed by atoms with E-state index in [1.165, 1.54) is 6.07 Å². The zero-order valence-corrected chi connectivity index (χ0v) is 12.3. The van der Waals surface area contributed by atoms with Crippen molar-refractivity contribution in [3.05, 3.63) is 27.7 Å². The maximum absolute atomic E-state index is 13.0. The molecule has 1 heterocycles. The lowest BCUT2D eigenvalue weighted by Crippen LogP contribution is -2.40.